The van der Waals surface area contributed by atoms with Crippen molar-refractivity contribution in [3.8, 4) is 0 Å². The predicted octanol–water partition coefficient (Wildman–Crippen LogP) is 0.577. The Morgan fingerprint density at radius 1 is 1.47 bits per heavy atom. The van der Waals surface area contributed by atoms with Crippen LogP contribution in [0.25, 0.3) is 0 Å². The first-order valence-electron chi connectivity index (χ1n) is 4.33. The highest BCUT2D eigenvalue weighted by Gasteiger charge is 2.27. The summed E-state index contributed by atoms with van der Waals surface area (Å²) in [6.45, 7) is 0.814. The molecule has 0 bridgehead atoms. The fraction of sp³-hybridized carbons (Fsp3) is 0.250. The van der Waals surface area contributed by atoms with Gasteiger partial charge in [-0.3, -0.25) is 4.31 Å². The average molecular weight is 248 g/mol. The Labute approximate surface area is 93.0 Å². The molecule has 15 heavy (non-hydrogen) atoms. The first kappa shape index (κ1) is 10.5. The van der Waals surface area contributed by atoms with E-state index in [2.05, 4.69) is 4.72 Å². The van der Waals surface area contributed by atoms with E-state index in [-0.39, 0.29) is 0 Å². The largest absolute Gasteiger partial charge is 0.397 e. The Hall–Kier alpha value is -0.980. The molecule has 5 nitrogen and oxygen atoms in total. The molecule has 1 saturated heterocycles. The fourth-order valence-electron chi connectivity index (χ4n) is 1.43. The molecule has 0 spiro atoms. The van der Waals surface area contributed by atoms with Crippen molar-refractivity contribution in [2.45, 2.75) is 0 Å². The molecule has 0 aromatic heterocycles. The second kappa shape index (κ2) is 3.55. The number of halogens is 1. The summed E-state index contributed by atoms with van der Waals surface area (Å²) in [6.07, 6.45) is 0. The summed E-state index contributed by atoms with van der Waals surface area (Å²) in [6, 6.07) is 4.76. The highest BCUT2D eigenvalue weighted by atomic mass is 35.5. The van der Waals surface area contributed by atoms with Gasteiger partial charge in [0.2, 0.25) is 0 Å². The van der Waals surface area contributed by atoms with Crippen LogP contribution in [0.15, 0.2) is 18.2 Å². The number of nitrogens with one attached hydrogen (secondary N) is 1. The Bertz CT molecular complexity index is 489. The van der Waals surface area contributed by atoms with Gasteiger partial charge in [0, 0.05) is 13.1 Å². The van der Waals surface area contributed by atoms with Crippen molar-refractivity contribution in [1.82, 2.24) is 4.72 Å². The molecule has 1 aromatic carbocycles. The first-order valence-corrected chi connectivity index (χ1v) is 6.15. The van der Waals surface area contributed by atoms with Gasteiger partial charge >= 0.3 is 10.2 Å². The molecule has 0 saturated carbocycles. The summed E-state index contributed by atoms with van der Waals surface area (Å²) in [5.74, 6) is 0. The Morgan fingerprint density at radius 3 is 2.73 bits per heavy atom. The monoisotopic (exact) mass is 247 g/mol. The molecule has 3 N–H and O–H groups in total. The molecule has 1 aromatic rings. The molecule has 0 amide bonds. The van der Waals surface area contributed by atoms with Crippen LogP contribution in [0.3, 0.4) is 0 Å². The van der Waals surface area contributed by atoms with Crippen LogP contribution in [0.2, 0.25) is 5.02 Å². The van der Waals surface area contributed by atoms with E-state index in [9.17, 15) is 8.42 Å². The zero-order valence-corrected chi connectivity index (χ0v) is 9.35. The van der Waals surface area contributed by atoms with Crippen molar-refractivity contribution in [2.75, 3.05) is 23.1 Å². The van der Waals surface area contributed by atoms with Gasteiger partial charge in [-0.25, -0.2) is 0 Å². The van der Waals surface area contributed by atoms with E-state index in [4.69, 9.17) is 17.3 Å². The van der Waals surface area contributed by atoms with Crippen LogP contribution in [-0.2, 0) is 10.2 Å². The van der Waals surface area contributed by atoms with Crippen molar-refractivity contribution in [3.63, 3.8) is 0 Å². The van der Waals surface area contributed by atoms with E-state index in [1.54, 1.807) is 18.2 Å². The summed E-state index contributed by atoms with van der Waals surface area (Å²) in [7, 11) is -3.39. The van der Waals surface area contributed by atoms with Crippen LogP contribution in [0.1, 0.15) is 0 Å². The number of anilines is 2. The maximum atomic E-state index is 11.5. The molecule has 1 aliphatic rings. The SMILES string of the molecule is Nc1cc(N2CCNS2(=O)=O)ccc1Cl. The lowest BCUT2D eigenvalue weighted by Crippen LogP contribution is -2.29. The molecule has 1 fully saturated rings. The van der Waals surface area contributed by atoms with Crippen molar-refractivity contribution in [2.24, 2.45) is 0 Å². The Morgan fingerprint density at radius 2 is 2.20 bits per heavy atom. The molecular weight excluding hydrogens is 238 g/mol. The lowest BCUT2D eigenvalue weighted by Gasteiger charge is -2.16. The fourth-order valence-corrected chi connectivity index (χ4v) is 2.77. The van der Waals surface area contributed by atoms with Crippen molar-refractivity contribution in [1.29, 1.82) is 0 Å². The molecule has 7 heteroatoms. The number of hydrogen-bond donors (Lipinski definition) is 2. The zero-order chi connectivity index (χ0) is 11.1. The first-order chi connectivity index (χ1) is 7.00. The second-order valence-corrected chi connectivity index (χ2v) is 5.26. The van der Waals surface area contributed by atoms with Crippen molar-refractivity contribution < 1.29 is 8.42 Å². The number of rotatable bonds is 1. The van der Waals surface area contributed by atoms with Gasteiger partial charge in [0.05, 0.1) is 16.4 Å². The average Bonchev–Trinajstić information content (AvgIpc) is 2.50. The maximum absolute atomic E-state index is 11.5. The summed E-state index contributed by atoms with van der Waals surface area (Å²) < 4.78 is 26.7. The van der Waals surface area contributed by atoms with Crippen LogP contribution >= 0.6 is 11.6 Å². The van der Waals surface area contributed by atoms with Gasteiger partial charge in [-0.15, -0.1) is 0 Å². The molecule has 0 radical (unpaired) electrons. The van der Waals surface area contributed by atoms with Crippen LogP contribution in [-0.4, -0.2) is 21.5 Å². The lowest BCUT2D eigenvalue weighted by molar-refractivity contribution is 0.592. The van der Waals surface area contributed by atoms with Crippen LogP contribution in [0.4, 0.5) is 11.4 Å². The van der Waals surface area contributed by atoms with E-state index in [0.29, 0.717) is 29.5 Å². The number of nitrogens with zero attached hydrogens (tertiary/aromatic N) is 1. The summed E-state index contributed by atoms with van der Waals surface area (Å²) >= 11 is 5.75. The van der Waals surface area contributed by atoms with Gasteiger partial charge in [0.25, 0.3) is 0 Å². The molecule has 0 atom stereocenters. The molecule has 2 rings (SSSR count). The highest BCUT2D eigenvalue weighted by molar-refractivity contribution is 7.91. The minimum absolute atomic E-state index is 0.372. The summed E-state index contributed by atoms with van der Waals surface area (Å²) in [4.78, 5) is 0. The second-order valence-electron chi connectivity index (χ2n) is 3.18. The molecular formula is C8H10ClN3O2S. The van der Waals surface area contributed by atoms with Gasteiger partial charge in [-0.1, -0.05) is 11.6 Å². The number of hydrogen-bond acceptors (Lipinski definition) is 3. The third-order valence-electron chi connectivity index (χ3n) is 2.16. The van der Waals surface area contributed by atoms with Crippen LogP contribution < -0.4 is 14.8 Å². The normalized spacial score (nSPS) is 19.4. The smallest absolute Gasteiger partial charge is 0.301 e. The number of nitrogen functional groups attached to an aromatic ring is 1. The van der Waals surface area contributed by atoms with E-state index >= 15 is 0 Å². The third-order valence-corrected chi connectivity index (χ3v) is 4.04. The summed E-state index contributed by atoms with van der Waals surface area (Å²) in [5.41, 5.74) is 6.50. The van der Waals surface area contributed by atoms with E-state index < -0.39 is 10.2 Å². The Balaban J connectivity index is 2.42. The standard InChI is InChI=1S/C8H10ClN3O2S/c9-7-2-1-6(5-8(7)10)12-4-3-11-15(12,13)14/h1-2,5,11H,3-4,10H2. The quantitative estimate of drug-likeness (QED) is 0.713. The highest BCUT2D eigenvalue weighted by Crippen LogP contribution is 2.27. The van der Waals surface area contributed by atoms with Gasteiger partial charge in [-0.05, 0) is 18.2 Å². The maximum Gasteiger partial charge on any atom is 0.301 e. The molecule has 0 unspecified atom stereocenters. The van der Waals surface area contributed by atoms with Crippen LogP contribution in [0, 0.1) is 0 Å². The van der Waals surface area contributed by atoms with Gasteiger partial charge in [0.1, 0.15) is 0 Å². The number of nitrogens with two attached hydrogens (primary N) is 1. The van der Waals surface area contributed by atoms with Gasteiger partial charge in [-0.2, -0.15) is 13.1 Å². The van der Waals surface area contributed by atoms with E-state index in [1.807, 2.05) is 0 Å². The third kappa shape index (κ3) is 1.88. The topological polar surface area (TPSA) is 75.4 Å². The van der Waals surface area contributed by atoms with Crippen molar-refractivity contribution in [3.05, 3.63) is 23.2 Å². The van der Waals surface area contributed by atoms with Crippen LogP contribution in [0.5, 0.6) is 0 Å². The predicted molar refractivity (Wildman–Crippen MR) is 60.1 cm³/mol. The van der Waals surface area contributed by atoms with Gasteiger partial charge < -0.3 is 5.73 Å². The minimum atomic E-state index is -3.39. The zero-order valence-electron chi connectivity index (χ0n) is 7.77. The summed E-state index contributed by atoms with van der Waals surface area (Å²) in [5, 5.41) is 0.420. The van der Waals surface area contributed by atoms with E-state index in [1.165, 1.54) is 4.31 Å². The molecule has 82 valence electrons. The molecule has 0 aliphatic carbocycles. The minimum Gasteiger partial charge on any atom is -0.397 e. The lowest BCUT2D eigenvalue weighted by atomic mass is 10.3. The molecule has 1 heterocycles. The number of benzene rings is 1. The van der Waals surface area contributed by atoms with E-state index in [0.717, 1.165) is 0 Å². The van der Waals surface area contributed by atoms with Gasteiger partial charge in [0.15, 0.2) is 0 Å². The Kier molecular flexibility index (Phi) is 2.49. The molecule has 1 aliphatic heterocycles. The van der Waals surface area contributed by atoms with Crippen molar-refractivity contribution >= 4 is 33.2 Å².